The van der Waals surface area contributed by atoms with E-state index < -0.39 is 17.4 Å². The highest BCUT2D eigenvalue weighted by Crippen LogP contribution is 2.60. The van der Waals surface area contributed by atoms with Gasteiger partial charge in [-0.3, -0.25) is 0 Å². The molecule has 0 heterocycles. The fraction of sp³-hybridized carbons (Fsp3) is 0.189. The van der Waals surface area contributed by atoms with Gasteiger partial charge in [0, 0.05) is 23.3 Å². The Morgan fingerprint density at radius 3 is 1.40 bits per heavy atom. The van der Waals surface area contributed by atoms with Gasteiger partial charge < -0.3 is 18.9 Å². The molecule has 6 nitrogen and oxygen atoms in total. The molecule has 218 valence electrons. The van der Waals surface area contributed by atoms with Gasteiger partial charge in [-0.1, -0.05) is 86.0 Å². The van der Waals surface area contributed by atoms with Crippen LogP contribution in [0.5, 0.6) is 11.5 Å². The van der Waals surface area contributed by atoms with Crippen molar-refractivity contribution in [2.45, 2.75) is 33.1 Å². The molecule has 0 radical (unpaired) electrons. The summed E-state index contributed by atoms with van der Waals surface area (Å²) in [7, 11) is 0. The summed E-state index contributed by atoms with van der Waals surface area (Å²) in [4.78, 5) is 23.8. The van der Waals surface area contributed by atoms with E-state index in [-0.39, 0.29) is 13.6 Å². The zero-order chi connectivity index (χ0) is 30.7. The monoisotopic (exact) mass is 574 g/mol. The van der Waals surface area contributed by atoms with Crippen molar-refractivity contribution in [3.8, 4) is 22.6 Å². The average molecular weight is 575 g/mol. The lowest BCUT2D eigenvalue weighted by Crippen LogP contribution is -2.31. The molecule has 0 bridgehead atoms. The molecule has 4 aromatic carbocycles. The van der Waals surface area contributed by atoms with Crippen molar-refractivity contribution in [2.75, 3.05) is 13.6 Å². The van der Waals surface area contributed by atoms with Crippen molar-refractivity contribution in [1.29, 1.82) is 0 Å². The summed E-state index contributed by atoms with van der Waals surface area (Å²) in [6, 6.07) is 24.9. The van der Waals surface area contributed by atoms with Crippen LogP contribution in [0.3, 0.4) is 0 Å². The van der Waals surface area contributed by atoms with Crippen molar-refractivity contribution >= 4 is 11.9 Å². The molecule has 1 aliphatic carbocycles. The van der Waals surface area contributed by atoms with E-state index in [4.69, 9.17) is 18.9 Å². The van der Waals surface area contributed by atoms with Crippen molar-refractivity contribution in [3.05, 3.63) is 143 Å². The van der Waals surface area contributed by atoms with Gasteiger partial charge in [0.05, 0.1) is 5.41 Å². The molecular formula is C37H34O6. The molecule has 1 aliphatic rings. The lowest BCUT2D eigenvalue weighted by molar-refractivity contribution is -0.145. The number of rotatable bonds is 10. The van der Waals surface area contributed by atoms with Crippen molar-refractivity contribution in [3.63, 3.8) is 0 Å². The van der Waals surface area contributed by atoms with Gasteiger partial charge in [0.1, 0.15) is 11.5 Å². The third kappa shape index (κ3) is 4.99. The van der Waals surface area contributed by atoms with E-state index in [9.17, 15) is 9.59 Å². The zero-order valence-electron chi connectivity index (χ0n) is 24.9. The number of carbonyl (C=O) groups is 2. The topological polar surface area (TPSA) is 71.1 Å². The second kappa shape index (κ2) is 12.0. The quantitative estimate of drug-likeness (QED) is 0.0983. The molecule has 4 aromatic rings. The van der Waals surface area contributed by atoms with Crippen LogP contribution >= 0.6 is 0 Å². The summed E-state index contributed by atoms with van der Waals surface area (Å²) in [5.41, 5.74) is 8.96. The van der Waals surface area contributed by atoms with E-state index >= 15 is 0 Å². The van der Waals surface area contributed by atoms with Gasteiger partial charge in [0.25, 0.3) is 0 Å². The Hall–Kier alpha value is -5.10. The van der Waals surface area contributed by atoms with E-state index in [0.29, 0.717) is 11.5 Å². The molecule has 0 fully saturated rings. The van der Waals surface area contributed by atoms with Gasteiger partial charge in [-0.05, 0) is 72.2 Å². The molecular weight excluding hydrogens is 540 g/mol. The van der Waals surface area contributed by atoms with Crippen LogP contribution in [-0.2, 0) is 24.5 Å². The van der Waals surface area contributed by atoms with Crippen LogP contribution in [0, 0.1) is 27.7 Å². The minimum absolute atomic E-state index is 0.282. The molecule has 5 rings (SSSR count). The number of ether oxygens (including phenoxy) is 4. The largest absolute Gasteiger partial charge is 0.457 e. The number of hydrogen-bond donors (Lipinski definition) is 0. The lowest BCUT2D eigenvalue weighted by Gasteiger charge is -2.37. The molecule has 0 aliphatic heterocycles. The number of fused-ring (bicyclic) bond motifs is 3. The van der Waals surface area contributed by atoms with E-state index in [1.54, 1.807) is 0 Å². The predicted molar refractivity (Wildman–Crippen MR) is 166 cm³/mol. The van der Waals surface area contributed by atoms with E-state index in [2.05, 4.69) is 61.7 Å². The molecule has 0 atom stereocenters. The first-order valence-electron chi connectivity index (χ1n) is 14.0. The molecule has 0 unspecified atom stereocenters. The standard InChI is InChI=1S/C37H34O6/c1-7-33(38)40-21-42-35-25(5)23(3)17-19-31(35)37(29-15-11-9-13-27(29)28-14-10-12-16-30(28)37)32-20-18-24(4)26(6)36(32)43-22-41-34(39)8-2/h7-20H,1-2,21-22H2,3-6H3. The Kier molecular flexibility index (Phi) is 8.22. The number of benzene rings is 4. The number of hydrogen-bond acceptors (Lipinski definition) is 6. The summed E-state index contributed by atoms with van der Waals surface area (Å²) < 4.78 is 23.2. The number of aryl methyl sites for hydroxylation is 2. The molecule has 6 heteroatoms. The third-order valence-corrected chi connectivity index (χ3v) is 8.26. The fourth-order valence-electron chi connectivity index (χ4n) is 5.91. The van der Waals surface area contributed by atoms with E-state index in [1.165, 1.54) is 0 Å². The highest BCUT2D eigenvalue weighted by atomic mass is 16.7. The van der Waals surface area contributed by atoms with Gasteiger partial charge in [-0.25, -0.2) is 9.59 Å². The van der Waals surface area contributed by atoms with Gasteiger partial charge >= 0.3 is 11.9 Å². The maximum atomic E-state index is 11.9. The molecule has 0 saturated carbocycles. The minimum Gasteiger partial charge on any atom is -0.457 e. The van der Waals surface area contributed by atoms with Crippen LogP contribution in [0.4, 0.5) is 0 Å². The first-order valence-corrected chi connectivity index (χ1v) is 14.0. The van der Waals surface area contributed by atoms with Crippen molar-refractivity contribution in [2.24, 2.45) is 0 Å². The van der Waals surface area contributed by atoms with Crippen LogP contribution in [0.2, 0.25) is 0 Å². The SMILES string of the molecule is C=CC(=O)OCOc1c(C2(c3ccc(C)c(C)c3OCOC(=O)C=C)c3ccccc3-c3ccccc32)ccc(C)c1C. The molecule has 0 spiro atoms. The van der Waals surface area contributed by atoms with E-state index in [0.717, 1.165) is 67.8 Å². The van der Waals surface area contributed by atoms with E-state index in [1.807, 2.05) is 52.0 Å². The summed E-state index contributed by atoms with van der Waals surface area (Å²) in [5, 5.41) is 0. The highest BCUT2D eigenvalue weighted by Gasteiger charge is 2.49. The summed E-state index contributed by atoms with van der Waals surface area (Å²) in [6.07, 6.45) is 2.21. The van der Waals surface area contributed by atoms with Crippen LogP contribution in [0.25, 0.3) is 11.1 Å². The lowest BCUT2D eigenvalue weighted by atomic mass is 9.66. The first-order chi connectivity index (χ1) is 20.7. The van der Waals surface area contributed by atoms with Gasteiger partial charge in [-0.2, -0.15) is 0 Å². The molecule has 0 aromatic heterocycles. The van der Waals surface area contributed by atoms with Crippen LogP contribution in [0.1, 0.15) is 44.5 Å². The molecule has 0 amide bonds. The first kappa shape index (κ1) is 29.4. The van der Waals surface area contributed by atoms with Crippen LogP contribution < -0.4 is 9.47 Å². The Morgan fingerprint density at radius 1 is 0.605 bits per heavy atom. The predicted octanol–water partition coefficient (Wildman–Crippen LogP) is 7.41. The second-order valence-electron chi connectivity index (χ2n) is 10.5. The van der Waals surface area contributed by atoms with Crippen LogP contribution in [0.15, 0.2) is 98.1 Å². The zero-order valence-corrected chi connectivity index (χ0v) is 24.9. The maximum absolute atomic E-state index is 11.9. The van der Waals surface area contributed by atoms with Gasteiger partial charge in [0.2, 0.25) is 13.6 Å². The summed E-state index contributed by atoms with van der Waals surface area (Å²) >= 11 is 0. The molecule has 0 saturated heterocycles. The highest BCUT2D eigenvalue weighted by molar-refractivity contribution is 5.88. The minimum atomic E-state index is -0.903. The van der Waals surface area contributed by atoms with Crippen molar-refractivity contribution < 1.29 is 28.5 Å². The van der Waals surface area contributed by atoms with Crippen LogP contribution in [-0.4, -0.2) is 25.5 Å². The van der Waals surface area contributed by atoms with Gasteiger partial charge in [0.15, 0.2) is 0 Å². The maximum Gasteiger partial charge on any atom is 0.333 e. The molecule has 0 N–H and O–H groups in total. The Balaban J connectivity index is 1.86. The Bertz CT molecular complexity index is 1620. The third-order valence-electron chi connectivity index (χ3n) is 8.26. The summed E-state index contributed by atoms with van der Waals surface area (Å²) in [5.74, 6) is 0.0605. The Morgan fingerprint density at radius 2 is 1.00 bits per heavy atom. The average Bonchev–Trinajstić information content (AvgIpc) is 3.32. The van der Waals surface area contributed by atoms with Crippen molar-refractivity contribution in [1.82, 2.24) is 0 Å². The number of esters is 2. The number of carbonyl (C=O) groups excluding carboxylic acids is 2. The Labute approximate surface area is 252 Å². The summed E-state index contributed by atoms with van der Waals surface area (Å²) in [6.45, 7) is 14.4. The molecule has 43 heavy (non-hydrogen) atoms. The normalized spacial score (nSPS) is 12.5. The van der Waals surface area contributed by atoms with Gasteiger partial charge in [-0.15, -0.1) is 0 Å². The second-order valence-corrected chi connectivity index (χ2v) is 10.5. The fourth-order valence-corrected chi connectivity index (χ4v) is 5.91. The smallest absolute Gasteiger partial charge is 0.333 e.